The van der Waals surface area contributed by atoms with Gasteiger partial charge in [-0.25, -0.2) is 0 Å². The Balaban J connectivity index is 2.34. The van der Waals surface area contributed by atoms with Crippen LogP contribution in [0.5, 0.6) is 0 Å². The first-order chi connectivity index (χ1) is 9.02. The molecule has 0 radical (unpaired) electrons. The van der Waals surface area contributed by atoms with Gasteiger partial charge in [0.15, 0.2) is 0 Å². The number of benzene rings is 1. The molecule has 0 aliphatic heterocycles. The number of hydrogen-bond acceptors (Lipinski definition) is 3. The maximum absolute atomic E-state index is 12.5. The van der Waals surface area contributed by atoms with Crippen LogP contribution < -0.4 is 10.6 Å². The minimum absolute atomic E-state index is 0.0541. The van der Waals surface area contributed by atoms with Gasteiger partial charge < -0.3 is 15.1 Å². The molecule has 4 nitrogen and oxygen atoms in total. The number of anilines is 2. The van der Waals surface area contributed by atoms with Crippen molar-refractivity contribution in [2.75, 3.05) is 17.2 Å². The molecule has 0 saturated carbocycles. The Morgan fingerprint density at radius 3 is 2.37 bits per heavy atom. The van der Waals surface area contributed by atoms with Crippen molar-refractivity contribution < 1.29 is 9.21 Å². The summed E-state index contributed by atoms with van der Waals surface area (Å²) in [5.74, 6) is 1.34. The highest BCUT2D eigenvalue weighted by Crippen LogP contribution is 2.21. The third-order valence-corrected chi connectivity index (χ3v) is 3.04. The number of carbonyl (C=O) groups is 1. The van der Waals surface area contributed by atoms with Crippen LogP contribution in [0.25, 0.3) is 0 Å². The van der Waals surface area contributed by atoms with E-state index >= 15 is 0 Å². The van der Waals surface area contributed by atoms with Crippen molar-refractivity contribution in [1.29, 1.82) is 0 Å². The fourth-order valence-electron chi connectivity index (χ4n) is 2.09. The molecule has 0 unspecified atom stereocenters. The molecule has 100 valence electrons. The molecule has 0 bridgehead atoms. The number of furan rings is 1. The molecule has 0 aliphatic rings. The van der Waals surface area contributed by atoms with E-state index in [0.717, 1.165) is 11.4 Å². The summed E-state index contributed by atoms with van der Waals surface area (Å²) in [6.45, 7) is 6.17. The third kappa shape index (κ3) is 2.62. The average Bonchev–Trinajstić information content (AvgIpc) is 2.71. The second-order valence-electron chi connectivity index (χ2n) is 4.47. The summed E-state index contributed by atoms with van der Waals surface area (Å²) in [5.41, 5.74) is 7.79. The van der Waals surface area contributed by atoms with Gasteiger partial charge >= 0.3 is 0 Å². The maximum atomic E-state index is 12.5. The van der Waals surface area contributed by atoms with Gasteiger partial charge in [-0.05, 0) is 51.1 Å². The molecule has 0 atom stereocenters. The lowest BCUT2D eigenvalue weighted by atomic mass is 10.2. The zero-order valence-electron chi connectivity index (χ0n) is 11.4. The summed E-state index contributed by atoms with van der Waals surface area (Å²) in [6, 6.07) is 9.05. The minimum atomic E-state index is -0.0541. The zero-order valence-corrected chi connectivity index (χ0v) is 11.4. The van der Waals surface area contributed by atoms with E-state index in [9.17, 15) is 4.79 Å². The molecule has 4 heteroatoms. The quantitative estimate of drug-likeness (QED) is 0.860. The second-order valence-corrected chi connectivity index (χ2v) is 4.47. The molecule has 1 heterocycles. The van der Waals surface area contributed by atoms with Gasteiger partial charge in [0, 0.05) is 17.9 Å². The predicted octanol–water partition coefficient (Wildman–Crippen LogP) is 3.15. The van der Waals surface area contributed by atoms with Crippen LogP contribution in [0.2, 0.25) is 0 Å². The Bertz CT molecular complexity index is 585. The van der Waals surface area contributed by atoms with Gasteiger partial charge in [-0.15, -0.1) is 0 Å². The standard InChI is InChI=1S/C15H18N2O2/c1-4-17(13-7-5-12(16)6-8-13)15(18)14-9-10(2)19-11(14)3/h5-9H,4,16H2,1-3H3. The van der Waals surface area contributed by atoms with E-state index in [-0.39, 0.29) is 5.91 Å². The Labute approximate surface area is 112 Å². The molecule has 0 aliphatic carbocycles. The predicted molar refractivity (Wildman–Crippen MR) is 76.4 cm³/mol. The fourth-order valence-corrected chi connectivity index (χ4v) is 2.09. The number of hydrogen-bond donors (Lipinski definition) is 1. The van der Waals surface area contributed by atoms with Gasteiger partial charge in [-0.1, -0.05) is 0 Å². The Hall–Kier alpha value is -2.23. The van der Waals surface area contributed by atoms with E-state index in [1.807, 2.05) is 26.0 Å². The van der Waals surface area contributed by atoms with Crippen molar-refractivity contribution in [3.63, 3.8) is 0 Å². The van der Waals surface area contributed by atoms with E-state index in [2.05, 4.69) is 0 Å². The number of nitrogens with zero attached hydrogens (tertiary/aromatic N) is 1. The molecule has 0 fully saturated rings. The maximum Gasteiger partial charge on any atom is 0.261 e. The van der Waals surface area contributed by atoms with Crippen molar-refractivity contribution in [2.45, 2.75) is 20.8 Å². The van der Waals surface area contributed by atoms with E-state index in [1.165, 1.54) is 0 Å². The van der Waals surface area contributed by atoms with Crippen LogP contribution in [0.4, 0.5) is 11.4 Å². The minimum Gasteiger partial charge on any atom is -0.466 e. The van der Waals surface area contributed by atoms with Crippen LogP contribution in [-0.4, -0.2) is 12.5 Å². The summed E-state index contributed by atoms with van der Waals surface area (Å²) >= 11 is 0. The summed E-state index contributed by atoms with van der Waals surface area (Å²) in [5, 5.41) is 0. The molecule has 0 saturated heterocycles. The van der Waals surface area contributed by atoms with E-state index in [1.54, 1.807) is 30.0 Å². The monoisotopic (exact) mass is 258 g/mol. The van der Waals surface area contributed by atoms with Gasteiger partial charge in [0.25, 0.3) is 5.91 Å². The van der Waals surface area contributed by atoms with Gasteiger partial charge in [0.2, 0.25) is 0 Å². The SMILES string of the molecule is CCN(C(=O)c1cc(C)oc1C)c1ccc(N)cc1. The molecule has 2 aromatic rings. The Morgan fingerprint density at radius 2 is 1.89 bits per heavy atom. The van der Waals surface area contributed by atoms with Crippen LogP contribution in [0.1, 0.15) is 28.8 Å². The molecule has 1 aromatic carbocycles. The van der Waals surface area contributed by atoms with Crippen molar-refractivity contribution in [3.05, 3.63) is 47.4 Å². The van der Waals surface area contributed by atoms with Crippen LogP contribution >= 0.6 is 0 Å². The molecule has 2 rings (SSSR count). The summed E-state index contributed by atoms with van der Waals surface area (Å²) in [7, 11) is 0. The third-order valence-electron chi connectivity index (χ3n) is 3.04. The molecule has 19 heavy (non-hydrogen) atoms. The number of nitrogens with two attached hydrogens (primary N) is 1. The lowest BCUT2D eigenvalue weighted by molar-refractivity contribution is 0.0987. The average molecular weight is 258 g/mol. The topological polar surface area (TPSA) is 59.5 Å². The molecule has 0 spiro atoms. The second kappa shape index (κ2) is 5.18. The first-order valence-corrected chi connectivity index (χ1v) is 6.27. The van der Waals surface area contributed by atoms with E-state index in [4.69, 9.17) is 10.2 Å². The Morgan fingerprint density at radius 1 is 1.26 bits per heavy atom. The lowest BCUT2D eigenvalue weighted by Crippen LogP contribution is -2.30. The molecular weight excluding hydrogens is 240 g/mol. The molecular formula is C15H18N2O2. The number of amides is 1. The number of aryl methyl sites for hydroxylation is 2. The molecule has 2 N–H and O–H groups in total. The van der Waals surface area contributed by atoms with Crippen molar-refractivity contribution in [1.82, 2.24) is 0 Å². The summed E-state index contributed by atoms with van der Waals surface area (Å²) in [6.07, 6.45) is 0. The van der Waals surface area contributed by atoms with Crippen molar-refractivity contribution in [3.8, 4) is 0 Å². The first-order valence-electron chi connectivity index (χ1n) is 6.27. The van der Waals surface area contributed by atoms with Gasteiger partial charge in [0.1, 0.15) is 11.5 Å². The first kappa shape index (κ1) is 13.2. The highest BCUT2D eigenvalue weighted by molar-refractivity contribution is 6.06. The highest BCUT2D eigenvalue weighted by Gasteiger charge is 2.20. The zero-order chi connectivity index (χ0) is 14.0. The lowest BCUT2D eigenvalue weighted by Gasteiger charge is -2.20. The van der Waals surface area contributed by atoms with Gasteiger partial charge in [0.05, 0.1) is 5.56 Å². The van der Waals surface area contributed by atoms with E-state index in [0.29, 0.717) is 23.6 Å². The van der Waals surface area contributed by atoms with Crippen molar-refractivity contribution in [2.24, 2.45) is 0 Å². The number of carbonyl (C=O) groups excluding carboxylic acids is 1. The normalized spacial score (nSPS) is 10.5. The van der Waals surface area contributed by atoms with Crippen molar-refractivity contribution >= 4 is 17.3 Å². The molecule has 1 aromatic heterocycles. The van der Waals surface area contributed by atoms with Gasteiger partial charge in [-0.3, -0.25) is 4.79 Å². The van der Waals surface area contributed by atoms with E-state index < -0.39 is 0 Å². The highest BCUT2D eigenvalue weighted by atomic mass is 16.3. The molecule has 1 amide bonds. The fraction of sp³-hybridized carbons (Fsp3) is 0.267. The summed E-state index contributed by atoms with van der Waals surface area (Å²) in [4.78, 5) is 14.2. The largest absolute Gasteiger partial charge is 0.466 e. The van der Waals surface area contributed by atoms with Crippen LogP contribution in [0, 0.1) is 13.8 Å². The van der Waals surface area contributed by atoms with Gasteiger partial charge in [-0.2, -0.15) is 0 Å². The number of nitrogen functional groups attached to an aromatic ring is 1. The van der Waals surface area contributed by atoms with Crippen LogP contribution in [0.3, 0.4) is 0 Å². The van der Waals surface area contributed by atoms with Crippen LogP contribution in [0.15, 0.2) is 34.7 Å². The Kier molecular flexibility index (Phi) is 3.60. The number of rotatable bonds is 3. The summed E-state index contributed by atoms with van der Waals surface area (Å²) < 4.78 is 5.42. The smallest absolute Gasteiger partial charge is 0.261 e. The van der Waals surface area contributed by atoms with Crippen LogP contribution in [-0.2, 0) is 0 Å².